The maximum Gasteiger partial charge on any atom is 0.317 e. The quantitative estimate of drug-likeness (QED) is 0.870. The lowest BCUT2D eigenvalue weighted by atomic mass is 9.99. The molecule has 1 aliphatic rings. The molecular formula is C16H22N2O4. The molecule has 2 N–H and O–H groups in total. The van der Waals surface area contributed by atoms with Crippen molar-refractivity contribution in [2.24, 2.45) is 5.92 Å². The molecular weight excluding hydrogens is 284 g/mol. The molecule has 1 saturated heterocycles. The average Bonchev–Trinajstić information content (AvgIpc) is 2.54. The number of ether oxygens (including phenoxy) is 1. The molecule has 1 heterocycles. The molecule has 2 amide bonds. The fourth-order valence-electron chi connectivity index (χ4n) is 2.57. The number of carboxylic acids is 1. The number of benzene rings is 1. The number of urea groups is 1. The lowest BCUT2D eigenvalue weighted by Crippen LogP contribution is -2.46. The molecule has 1 aromatic carbocycles. The summed E-state index contributed by atoms with van der Waals surface area (Å²) in [5.74, 6) is -1.28. The number of carboxylic acid groups (broad SMARTS) is 1. The van der Waals surface area contributed by atoms with Gasteiger partial charge in [-0.3, -0.25) is 4.79 Å². The highest BCUT2D eigenvalue weighted by atomic mass is 16.5. The van der Waals surface area contributed by atoms with Crippen molar-refractivity contribution in [2.45, 2.75) is 26.0 Å². The Hall–Kier alpha value is -2.08. The summed E-state index contributed by atoms with van der Waals surface area (Å²) in [5.41, 5.74) is 2.08. The normalized spacial score (nSPS) is 18.0. The molecule has 0 bridgehead atoms. The second kappa shape index (κ2) is 7.79. The second-order valence-corrected chi connectivity index (χ2v) is 5.53. The van der Waals surface area contributed by atoms with E-state index in [9.17, 15) is 9.59 Å². The van der Waals surface area contributed by atoms with Crippen molar-refractivity contribution in [3.8, 4) is 0 Å². The molecule has 2 rings (SSSR count). The molecule has 1 aromatic rings. The van der Waals surface area contributed by atoms with Crippen molar-refractivity contribution in [3.63, 3.8) is 0 Å². The Morgan fingerprint density at radius 1 is 1.32 bits per heavy atom. The zero-order chi connectivity index (χ0) is 15.9. The van der Waals surface area contributed by atoms with Crippen molar-refractivity contribution in [2.75, 3.05) is 20.2 Å². The maximum atomic E-state index is 12.1. The predicted octanol–water partition coefficient (Wildman–Crippen LogP) is 1.84. The van der Waals surface area contributed by atoms with Crippen LogP contribution in [-0.2, 0) is 22.7 Å². The van der Waals surface area contributed by atoms with E-state index in [0.29, 0.717) is 26.1 Å². The van der Waals surface area contributed by atoms with E-state index >= 15 is 0 Å². The summed E-state index contributed by atoms with van der Waals surface area (Å²) in [6.45, 7) is 1.90. The SMILES string of the molecule is COCc1ccc(CNC(=O)N2CCCC(C(=O)O)C2)cc1. The van der Waals surface area contributed by atoms with Gasteiger partial charge in [-0.25, -0.2) is 4.79 Å². The Balaban J connectivity index is 1.83. The Morgan fingerprint density at radius 3 is 2.64 bits per heavy atom. The summed E-state index contributed by atoms with van der Waals surface area (Å²) in [6, 6.07) is 7.63. The second-order valence-electron chi connectivity index (χ2n) is 5.53. The van der Waals surface area contributed by atoms with Crippen LogP contribution in [0, 0.1) is 5.92 Å². The molecule has 22 heavy (non-hydrogen) atoms. The number of hydrogen-bond acceptors (Lipinski definition) is 3. The number of carbonyl (C=O) groups is 2. The smallest absolute Gasteiger partial charge is 0.317 e. The fourth-order valence-corrected chi connectivity index (χ4v) is 2.57. The Kier molecular flexibility index (Phi) is 5.77. The van der Waals surface area contributed by atoms with Crippen molar-refractivity contribution in [3.05, 3.63) is 35.4 Å². The highest BCUT2D eigenvalue weighted by Crippen LogP contribution is 2.16. The van der Waals surface area contributed by atoms with Gasteiger partial charge in [0, 0.05) is 26.7 Å². The third-order valence-electron chi connectivity index (χ3n) is 3.84. The van der Waals surface area contributed by atoms with Gasteiger partial charge in [0.2, 0.25) is 0 Å². The van der Waals surface area contributed by atoms with Crippen LogP contribution in [0.3, 0.4) is 0 Å². The summed E-state index contributed by atoms with van der Waals surface area (Å²) < 4.78 is 5.05. The van der Waals surface area contributed by atoms with E-state index in [4.69, 9.17) is 9.84 Å². The topological polar surface area (TPSA) is 78.9 Å². The van der Waals surface area contributed by atoms with Gasteiger partial charge >= 0.3 is 12.0 Å². The van der Waals surface area contributed by atoms with E-state index in [-0.39, 0.29) is 12.6 Å². The molecule has 6 nitrogen and oxygen atoms in total. The summed E-state index contributed by atoms with van der Waals surface area (Å²) in [5, 5.41) is 11.9. The molecule has 1 unspecified atom stereocenters. The first-order valence-electron chi connectivity index (χ1n) is 7.42. The van der Waals surface area contributed by atoms with E-state index in [1.165, 1.54) is 0 Å². The number of hydrogen-bond donors (Lipinski definition) is 2. The van der Waals surface area contributed by atoms with E-state index in [1.807, 2.05) is 24.3 Å². The fraction of sp³-hybridized carbons (Fsp3) is 0.500. The molecule has 1 aliphatic heterocycles. The van der Waals surface area contributed by atoms with E-state index in [1.54, 1.807) is 12.0 Å². The zero-order valence-corrected chi connectivity index (χ0v) is 12.7. The van der Waals surface area contributed by atoms with Crippen LogP contribution in [0.25, 0.3) is 0 Å². The standard InChI is InChI=1S/C16H22N2O4/c1-22-11-13-6-4-12(5-7-13)9-17-16(21)18-8-2-3-14(10-18)15(19)20/h4-7,14H,2-3,8-11H2,1H3,(H,17,21)(H,19,20). The molecule has 0 aromatic heterocycles. The first-order valence-corrected chi connectivity index (χ1v) is 7.42. The van der Waals surface area contributed by atoms with Gasteiger partial charge < -0.3 is 20.1 Å². The minimum absolute atomic E-state index is 0.202. The van der Waals surface area contributed by atoms with Crippen LogP contribution in [0.4, 0.5) is 4.79 Å². The van der Waals surface area contributed by atoms with Gasteiger partial charge in [0.15, 0.2) is 0 Å². The molecule has 1 fully saturated rings. The van der Waals surface area contributed by atoms with Crippen molar-refractivity contribution >= 4 is 12.0 Å². The van der Waals surface area contributed by atoms with E-state index in [0.717, 1.165) is 17.5 Å². The summed E-state index contributed by atoms with van der Waals surface area (Å²) in [6.07, 6.45) is 1.37. The van der Waals surface area contributed by atoms with Crippen LogP contribution in [0.5, 0.6) is 0 Å². The monoisotopic (exact) mass is 306 g/mol. The number of methoxy groups -OCH3 is 1. The van der Waals surface area contributed by atoms with Crippen LogP contribution >= 0.6 is 0 Å². The molecule has 120 valence electrons. The van der Waals surface area contributed by atoms with Gasteiger partial charge in [-0.2, -0.15) is 0 Å². The Bertz CT molecular complexity index is 515. The van der Waals surface area contributed by atoms with Gasteiger partial charge in [0.1, 0.15) is 0 Å². The number of likely N-dealkylation sites (tertiary alicyclic amines) is 1. The third kappa shape index (κ3) is 4.46. The molecule has 6 heteroatoms. The van der Waals surface area contributed by atoms with Crippen LogP contribution < -0.4 is 5.32 Å². The average molecular weight is 306 g/mol. The number of rotatable bonds is 5. The zero-order valence-electron chi connectivity index (χ0n) is 12.7. The van der Waals surface area contributed by atoms with Crippen LogP contribution in [0.2, 0.25) is 0 Å². The van der Waals surface area contributed by atoms with E-state index in [2.05, 4.69) is 5.32 Å². The first-order chi connectivity index (χ1) is 10.6. The lowest BCUT2D eigenvalue weighted by Gasteiger charge is -2.30. The summed E-state index contributed by atoms with van der Waals surface area (Å²) >= 11 is 0. The summed E-state index contributed by atoms with van der Waals surface area (Å²) in [4.78, 5) is 24.7. The maximum absolute atomic E-state index is 12.1. The molecule has 0 spiro atoms. The number of nitrogens with one attached hydrogen (secondary N) is 1. The minimum Gasteiger partial charge on any atom is -0.481 e. The predicted molar refractivity (Wildman–Crippen MR) is 81.3 cm³/mol. The highest BCUT2D eigenvalue weighted by Gasteiger charge is 2.27. The number of nitrogens with zero attached hydrogens (tertiary/aromatic N) is 1. The van der Waals surface area contributed by atoms with E-state index < -0.39 is 11.9 Å². The Morgan fingerprint density at radius 2 is 2.00 bits per heavy atom. The van der Waals surface area contributed by atoms with Gasteiger partial charge in [-0.15, -0.1) is 0 Å². The number of carbonyl (C=O) groups excluding carboxylic acids is 1. The molecule has 0 saturated carbocycles. The van der Waals surface area contributed by atoms with Crippen molar-refractivity contribution in [1.82, 2.24) is 10.2 Å². The van der Waals surface area contributed by atoms with Crippen LogP contribution in [0.1, 0.15) is 24.0 Å². The van der Waals surface area contributed by atoms with Gasteiger partial charge in [0.05, 0.1) is 12.5 Å². The number of amides is 2. The summed E-state index contributed by atoms with van der Waals surface area (Å²) in [7, 11) is 1.65. The first kappa shape index (κ1) is 16.3. The number of aliphatic carboxylic acids is 1. The molecule has 0 radical (unpaired) electrons. The van der Waals surface area contributed by atoms with Gasteiger partial charge in [-0.1, -0.05) is 24.3 Å². The van der Waals surface area contributed by atoms with Gasteiger partial charge in [-0.05, 0) is 24.0 Å². The van der Waals surface area contributed by atoms with Crippen molar-refractivity contribution in [1.29, 1.82) is 0 Å². The molecule has 0 aliphatic carbocycles. The van der Waals surface area contributed by atoms with Crippen molar-refractivity contribution < 1.29 is 19.4 Å². The van der Waals surface area contributed by atoms with Crippen LogP contribution in [-0.4, -0.2) is 42.2 Å². The van der Waals surface area contributed by atoms with Crippen LogP contribution in [0.15, 0.2) is 24.3 Å². The highest BCUT2D eigenvalue weighted by molar-refractivity contribution is 5.76. The lowest BCUT2D eigenvalue weighted by molar-refractivity contribution is -0.143. The Labute approximate surface area is 130 Å². The number of piperidine rings is 1. The molecule has 1 atom stereocenters. The third-order valence-corrected chi connectivity index (χ3v) is 3.84. The largest absolute Gasteiger partial charge is 0.481 e. The minimum atomic E-state index is -0.828. The van der Waals surface area contributed by atoms with Gasteiger partial charge in [0.25, 0.3) is 0 Å².